The highest BCUT2D eigenvalue weighted by Crippen LogP contribution is 2.33. The maximum atomic E-state index is 13.9. The molecule has 112 valence electrons. The average Bonchev–Trinajstić information content (AvgIpc) is 2.49. The van der Waals surface area contributed by atoms with Crippen LogP contribution in [0.15, 0.2) is 40.9 Å². The van der Waals surface area contributed by atoms with E-state index >= 15 is 0 Å². The van der Waals surface area contributed by atoms with Gasteiger partial charge in [-0.3, -0.25) is 5.84 Å². The first-order valence-corrected chi connectivity index (χ1v) is 7.03. The molecule has 0 heterocycles. The molecule has 0 fully saturated rings. The Kier molecular flexibility index (Phi) is 5.17. The van der Waals surface area contributed by atoms with Gasteiger partial charge in [0.25, 0.3) is 0 Å². The second kappa shape index (κ2) is 6.89. The zero-order chi connectivity index (χ0) is 15.4. The van der Waals surface area contributed by atoms with E-state index in [1.165, 1.54) is 13.2 Å². The molecule has 6 heteroatoms. The molecule has 0 radical (unpaired) electrons. The minimum absolute atomic E-state index is 0.192. The van der Waals surface area contributed by atoms with E-state index in [1.54, 1.807) is 19.2 Å². The van der Waals surface area contributed by atoms with Crippen LogP contribution in [0.25, 0.3) is 0 Å². The van der Waals surface area contributed by atoms with Gasteiger partial charge in [-0.05, 0) is 29.8 Å². The highest BCUT2D eigenvalue weighted by atomic mass is 79.9. The third-order valence-electron chi connectivity index (χ3n) is 3.18. The van der Waals surface area contributed by atoms with E-state index in [9.17, 15) is 4.39 Å². The van der Waals surface area contributed by atoms with Crippen molar-refractivity contribution in [1.29, 1.82) is 0 Å². The normalized spacial score (nSPS) is 12.0. The summed E-state index contributed by atoms with van der Waals surface area (Å²) in [6.45, 7) is 0. The molecule has 0 spiro atoms. The molecule has 0 saturated carbocycles. The van der Waals surface area contributed by atoms with Crippen LogP contribution in [0.3, 0.4) is 0 Å². The summed E-state index contributed by atoms with van der Waals surface area (Å²) < 4.78 is 25.0. The molecule has 2 aromatic carbocycles. The van der Waals surface area contributed by atoms with Crippen LogP contribution in [0, 0.1) is 5.82 Å². The van der Waals surface area contributed by atoms with Gasteiger partial charge >= 0.3 is 0 Å². The zero-order valence-corrected chi connectivity index (χ0v) is 13.3. The number of rotatable bonds is 5. The van der Waals surface area contributed by atoms with Gasteiger partial charge in [0.1, 0.15) is 5.75 Å². The van der Waals surface area contributed by atoms with Gasteiger partial charge in [-0.25, -0.2) is 9.82 Å². The Morgan fingerprint density at radius 3 is 2.38 bits per heavy atom. The molecule has 0 bridgehead atoms. The molecule has 1 atom stereocenters. The fraction of sp³-hybridized carbons (Fsp3) is 0.200. The van der Waals surface area contributed by atoms with Gasteiger partial charge < -0.3 is 9.47 Å². The molecule has 1 unspecified atom stereocenters. The maximum absolute atomic E-state index is 13.9. The van der Waals surface area contributed by atoms with Gasteiger partial charge in [-0.1, -0.05) is 28.1 Å². The number of ether oxygens (including phenoxy) is 2. The fourth-order valence-corrected chi connectivity index (χ4v) is 2.49. The van der Waals surface area contributed by atoms with E-state index in [0.29, 0.717) is 11.3 Å². The Balaban J connectivity index is 2.46. The van der Waals surface area contributed by atoms with Crippen molar-refractivity contribution < 1.29 is 13.9 Å². The van der Waals surface area contributed by atoms with Crippen molar-refractivity contribution in [2.45, 2.75) is 6.04 Å². The lowest BCUT2D eigenvalue weighted by Crippen LogP contribution is -2.29. The third-order valence-corrected chi connectivity index (χ3v) is 3.68. The molecule has 0 aromatic heterocycles. The maximum Gasteiger partial charge on any atom is 0.165 e. The van der Waals surface area contributed by atoms with Crippen molar-refractivity contribution in [2.24, 2.45) is 5.84 Å². The zero-order valence-electron chi connectivity index (χ0n) is 11.7. The van der Waals surface area contributed by atoms with Crippen LogP contribution >= 0.6 is 15.9 Å². The first-order chi connectivity index (χ1) is 10.1. The van der Waals surface area contributed by atoms with Crippen LogP contribution in [0.2, 0.25) is 0 Å². The summed E-state index contributed by atoms with van der Waals surface area (Å²) in [5, 5.41) is 0. The lowest BCUT2D eigenvalue weighted by Gasteiger charge is -2.20. The number of nitrogens with one attached hydrogen (secondary N) is 1. The van der Waals surface area contributed by atoms with E-state index in [0.717, 1.165) is 10.0 Å². The van der Waals surface area contributed by atoms with Crippen LogP contribution in [0.4, 0.5) is 4.39 Å². The molecule has 0 aliphatic rings. The minimum atomic E-state index is -0.439. The number of methoxy groups -OCH3 is 2. The monoisotopic (exact) mass is 354 g/mol. The van der Waals surface area contributed by atoms with Gasteiger partial charge in [0.05, 0.1) is 20.3 Å². The summed E-state index contributed by atoms with van der Waals surface area (Å²) >= 11 is 3.39. The van der Waals surface area contributed by atoms with E-state index in [1.807, 2.05) is 18.2 Å². The van der Waals surface area contributed by atoms with E-state index in [-0.39, 0.29) is 5.75 Å². The van der Waals surface area contributed by atoms with Crippen LogP contribution in [0.1, 0.15) is 17.2 Å². The number of benzene rings is 2. The summed E-state index contributed by atoms with van der Waals surface area (Å²) in [4.78, 5) is 0. The standard InChI is InChI=1S/C15H16BrFN2O2/c1-20-13-6-3-9(7-12(13)17)15(19-18)11-5-4-10(16)8-14(11)21-2/h3-8,15,19H,18H2,1-2H3. The first kappa shape index (κ1) is 15.8. The summed E-state index contributed by atoms with van der Waals surface area (Å²) in [5.74, 6) is 6.06. The lowest BCUT2D eigenvalue weighted by atomic mass is 9.98. The smallest absolute Gasteiger partial charge is 0.165 e. The summed E-state index contributed by atoms with van der Waals surface area (Å²) in [5.41, 5.74) is 4.18. The Bertz CT molecular complexity index is 637. The van der Waals surface area contributed by atoms with Gasteiger partial charge in [-0.15, -0.1) is 0 Å². The molecular weight excluding hydrogens is 339 g/mol. The molecule has 2 aromatic rings. The van der Waals surface area contributed by atoms with E-state index < -0.39 is 11.9 Å². The second-order valence-corrected chi connectivity index (χ2v) is 5.30. The Hall–Kier alpha value is -1.63. The molecular formula is C15H16BrFN2O2. The van der Waals surface area contributed by atoms with Crippen LogP contribution < -0.4 is 20.7 Å². The lowest BCUT2D eigenvalue weighted by molar-refractivity contribution is 0.385. The number of hydrogen-bond acceptors (Lipinski definition) is 4. The van der Waals surface area contributed by atoms with Gasteiger partial charge in [0, 0.05) is 10.0 Å². The fourth-order valence-electron chi connectivity index (χ4n) is 2.15. The molecule has 2 rings (SSSR count). The summed E-state index contributed by atoms with van der Waals surface area (Å²) in [6.07, 6.45) is 0. The van der Waals surface area contributed by atoms with Crippen LogP contribution in [-0.2, 0) is 0 Å². The first-order valence-electron chi connectivity index (χ1n) is 6.23. The van der Waals surface area contributed by atoms with Crippen molar-refractivity contribution in [3.8, 4) is 11.5 Å². The largest absolute Gasteiger partial charge is 0.496 e. The Morgan fingerprint density at radius 1 is 1.10 bits per heavy atom. The molecule has 0 amide bonds. The second-order valence-electron chi connectivity index (χ2n) is 4.38. The molecule has 0 saturated heterocycles. The quantitative estimate of drug-likeness (QED) is 0.639. The van der Waals surface area contributed by atoms with E-state index in [2.05, 4.69) is 21.4 Å². The molecule has 3 N–H and O–H groups in total. The van der Waals surface area contributed by atoms with E-state index in [4.69, 9.17) is 15.3 Å². The highest BCUT2D eigenvalue weighted by molar-refractivity contribution is 9.10. The van der Waals surface area contributed by atoms with Crippen molar-refractivity contribution in [1.82, 2.24) is 5.43 Å². The molecule has 0 aliphatic carbocycles. The SMILES string of the molecule is COc1ccc(C(NN)c2ccc(Br)cc2OC)cc1F. The number of hydrazine groups is 1. The number of hydrogen-bond donors (Lipinski definition) is 2. The topological polar surface area (TPSA) is 56.5 Å². The Labute approximate surface area is 131 Å². The number of halogens is 2. The van der Waals surface area contributed by atoms with Crippen molar-refractivity contribution in [3.05, 3.63) is 57.8 Å². The minimum Gasteiger partial charge on any atom is -0.496 e. The van der Waals surface area contributed by atoms with Crippen molar-refractivity contribution in [3.63, 3.8) is 0 Å². The third kappa shape index (κ3) is 3.34. The number of nitrogens with two attached hydrogens (primary N) is 1. The highest BCUT2D eigenvalue weighted by Gasteiger charge is 2.18. The molecule has 21 heavy (non-hydrogen) atoms. The van der Waals surface area contributed by atoms with Crippen molar-refractivity contribution in [2.75, 3.05) is 14.2 Å². The predicted octanol–water partition coefficient (Wildman–Crippen LogP) is 3.16. The average molecular weight is 355 g/mol. The van der Waals surface area contributed by atoms with Gasteiger partial charge in [-0.2, -0.15) is 0 Å². The summed E-state index contributed by atoms with van der Waals surface area (Å²) in [6, 6.07) is 9.91. The van der Waals surface area contributed by atoms with Crippen LogP contribution in [-0.4, -0.2) is 14.2 Å². The van der Waals surface area contributed by atoms with Gasteiger partial charge in [0.15, 0.2) is 11.6 Å². The predicted molar refractivity (Wildman–Crippen MR) is 82.8 cm³/mol. The molecule has 4 nitrogen and oxygen atoms in total. The van der Waals surface area contributed by atoms with Crippen molar-refractivity contribution >= 4 is 15.9 Å². The van der Waals surface area contributed by atoms with Gasteiger partial charge in [0.2, 0.25) is 0 Å². The van der Waals surface area contributed by atoms with Crippen LogP contribution in [0.5, 0.6) is 11.5 Å². The molecule has 0 aliphatic heterocycles. The summed E-state index contributed by atoms with van der Waals surface area (Å²) in [7, 11) is 3.00. The Morgan fingerprint density at radius 2 is 1.81 bits per heavy atom.